The zero-order chi connectivity index (χ0) is 21.9. The number of nitrogens with zero attached hydrogens (tertiary/aromatic N) is 2. The molecule has 0 bridgehead atoms. The van der Waals surface area contributed by atoms with E-state index in [0.29, 0.717) is 23.6 Å². The number of imide groups is 1. The molecule has 0 aromatic heterocycles. The van der Waals surface area contributed by atoms with Crippen LogP contribution in [-0.4, -0.2) is 40.8 Å². The molecule has 2 aromatic rings. The van der Waals surface area contributed by atoms with Gasteiger partial charge >= 0.3 is 6.03 Å². The molecule has 1 aliphatic rings. The molecule has 0 aliphatic carbocycles. The molecule has 2 N–H and O–H groups in total. The third kappa shape index (κ3) is 3.93. The summed E-state index contributed by atoms with van der Waals surface area (Å²) in [5.74, 6) is -0.727. The van der Waals surface area contributed by atoms with E-state index in [1.165, 1.54) is 31.2 Å². The van der Waals surface area contributed by atoms with E-state index in [4.69, 9.17) is 4.74 Å². The van der Waals surface area contributed by atoms with Crippen molar-refractivity contribution in [2.75, 3.05) is 18.5 Å². The Balaban J connectivity index is 1.75. The van der Waals surface area contributed by atoms with Gasteiger partial charge in [-0.1, -0.05) is 12.1 Å². The van der Waals surface area contributed by atoms with E-state index in [0.717, 1.165) is 4.90 Å². The van der Waals surface area contributed by atoms with Gasteiger partial charge in [-0.15, -0.1) is 0 Å². The Kier molecular flexibility index (Phi) is 5.67. The van der Waals surface area contributed by atoms with E-state index < -0.39 is 34.9 Å². The van der Waals surface area contributed by atoms with E-state index in [1.54, 1.807) is 24.3 Å². The monoisotopic (exact) mass is 412 g/mol. The Morgan fingerprint density at radius 2 is 1.87 bits per heavy atom. The van der Waals surface area contributed by atoms with Crippen molar-refractivity contribution in [3.63, 3.8) is 0 Å². The molecule has 1 fully saturated rings. The number of hydrogen-bond donors (Lipinski definition) is 2. The second-order valence-electron chi connectivity index (χ2n) is 6.73. The molecule has 3 rings (SSSR count). The number of nitro groups is 1. The van der Waals surface area contributed by atoms with Gasteiger partial charge in [-0.2, -0.15) is 0 Å². The van der Waals surface area contributed by atoms with Gasteiger partial charge in [-0.3, -0.25) is 24.6 Å². The van der Waals surface area contributed by atoms with Crippen molar-refractivity contribution < 1.29 is 24.0 Å². The second-order valence-corrected chi connectivity index (χ2v) is 6.73. The van der Waals surface area contributed by atoms with Crippen LogP contribution in [-0.2, 0) is 15.1 Å². The molecule has 1 heterocycles. The molecule has 2 aromatic carbocycles. The van der Waals surface area contributed by atoms with Crippen molar-refractivity contribution in [1.29, 1.82) is 0 Å². The quantitative estimate of drug-likeness (QED) is 0.408. The molecule has 10 heteroatoms. The predicted molar refractivity (Wildman–Crippen MR) is 107 cm³/mol. The Morgan fingerprint density at radius 1 is 1.20 bits per heavy atom. The first-order chi connectivity index (χ1) is 14.3. The number of amides is 4. The minimum Gasteiger partial charge on any atom is -0.492 e. The van der Waals surface area contributed by atoms with Crippen LogP contribution >= 0.6 is 0 Å². The number of non-ortho nitro benzene ring substituents is 1. The molecule has 156 valence electrons. The van der Waals surface area contributed by atoms with Crippen molar-refractivity contribution in [2.24, 2.45) is 0 Å². The number of carbonyl (C=O) groups excluding carboxylic acids is 3. The van der Waals surface area contributed by atoms with Crippen molar-refractivity contribution in [3.05, 3.63) is 64.2 Å². The van der Waals surface area contributed by atoms with Crippen LogP contribution in [0.3, 0.4) is 0 Å². The van der Waals surface area contributed by atoms with Gasteiger partial charge in [0.25, 0.3) is 11.6 Å². The van der Waals surface area contributed by atoms with E-state index in [9.17, 15) is 24.5 Å². The van der Waals surface area contributed by atoms with Gasteiger partial charge in [-0.25, -0.2) is 4.79 Å². The van der Waals surface area contributed by atoms with Crippen molar-refractivity contribution in [3.8, 4) is 5.75 Å². The maximum absolute atomic E-state index is 12.9. The highest BCUT2D eigenvalue weighted by Gasteiger charge is 2.49. The van der Waals surface area contributed by atoms with Crippen LogP contribution < -0.4 is 15.4 Å². The van der Waals surface area contributed by atoms with Gasteiger partial charge in [0.2, 0.25) is 5.91 Å². The molecule has 1 aliphatic heterocycles. The fourth-order valence-corrected chi connectivity index (χ4v) is 3.14. The van der Waals surface area contributed by atoms with Crippen LogP contribution in [0.5, 0.6) is 5.75 Å². The summed E-state index contributed by atoms with van der Waals surface area (Å²) in [5, 5.41) is 16.0. The molecule has 0 spiro atoms. The van der Waals surface area contributed by atoms with Gasteiger partial charge in [0.05, 0.1) is 17.2 Å². The summed E-state index contributed by atoms with van der Waals surface area (Å²) in [6, 6.07) is 11.4. The first-order valence-electron chi connectivity index (χ1n) is 9.17. The lowest BCUT2D eigenvalue weighted by molar-refractivity contribution is -0.384. The van der Waals surface area contributed by atoms with Crippen LogP contribution in [0.25, 0.3) is 0 Å². The third-order valence-electron chi connectivity index (χ3n) is 4.69. The molecular formula is C20H20N4O6. The Labute approximate surface area is 172 Å². The van der Waals surface area contributed by atoms with Crippen molar-refractivity contribution in [2.45, 2.75) is 19.4 Å². The van der Waals surface area contributed by atoms with Crippen LogP contribution in [0.15, 0.2) is 48.5 Å². The van der Waals surface area contributed by atoms with Gasteiger partial charge in [0, 0.05) is 12.1 Å². The third-order valence-corrected chi connectivity index (χ3v) is 4.69. The molecule has 10 nitrogen and oxygen atoms in total. The number of nitro benzene ring substituents is 1. The summed E-state index contributed by atoms with van der Waals surface area (Å²) in [6.07, 6.45) is 0. The number of para-hydroxylation sites is 2. The minimum atomic E-state index is -1.43. The molecule has 0 saturated carbocycles. The summed E-state index contributed by atoms with van der Waals surface area (Å²) in [5.41, 5.74) is -0.774. The molecular weight excluding hydrogens is 392 g/mol. The standard InChI is InChI=1S/C20H20N4O6/c1-3-30-16-7-5-4-6-15(16)21-17(25)12-23-18(26)20(2,22-19(23)27)13-8-10-14(11-9-13)24(28)29/h4-11H,3,12H2,1-2H3,(H,21,25)(H,22,27)/t20-/m0/s1. The number of ether oxygens (including phenoxy) is 1. The topological polar surface area (TPSA) is 131 Å². The van der Waals surface area contributed by atoms with Crippen LogP contribution in [0, 0.1) is 10.1 Å². The normalized spacial score (nSPS) is 18.1. The number of nitrogens with one attached hydrogen (secondary N) is 2. The highest BCUT2D eigenvalue weighted by molar-refractivity contribution is 6.10. The van der Waals surface area contributed by atoms with Gasteiger partial charge in [-0.05, 0) is 43.7 Å². The smallest absolute Gasteiger partial charge is 0.325 e. The summed E-state index contributed by atoms with van der Waals surface area (Å²) in [6.45, 7) is 3.21. The second kappa shape index (κ2) is 8.19. The zero-order valence-electron chi connectivity index (χ0n) is 16.4. The SMILES string of the molecule is CCOc1ccccc1NC(=O)CN1C(=O)N[C@@](C)(c2ccc([N+](=O)[O-])cc2)C1=O. The van der Waals surface area contributed by atoms with Crippen molar-refractivity contribution in [1.82, 2.24) is 10.2 Å². The lowest BCUT2D eigenvalue weighted by Crippen LogP contribution is -2.42. The Morgan fingerprint density at radius 3 is 2.50 bits per heavy atom. The number of anilines is 1. The maximum Gasteiger partial charge on any atom is 0.325 e. The van der Waals surface area contributed by atoms with Crippen LogP contribution in [0.4, 0.5) is 16.2 Å². The molecule has 30 heavy (non-hydrogen) atoms. The van der Waals surface area contributed by atoms with Gasteiger partial charge in [0.1, 0.15) is 17.8 Å². The molecule has 0 radical (unpaired) electrons. The summed E-state index contributed by atoms with van der Waals surface area (Å²) in [7, 11) is 0. The van der Waals surface area contributed by atoms with Crippen molar-refractivity contribution >= 4 is 29.2 Å². The first kappa shape index (κ1) is 20.8. The van der Waals surface area contributed by atoms with E-state index in [1.807, 2.05) is 6.92 Å². The highest BCUT2D eigenvalue weighted by Crippen LogP contribution is 2.30. The van der Waals surface area contributed by atoms with Gasteiger partial charge < -0.3 is 15.4 Å². The Hall–Kier alpha value is -3.95. The average molecular weight is 412 g/mol. The van der Waals surface area contributed by atoms with Crippen LogP contribution in [0.2, 0.25) is 0 Å². The number of urea groups is 1. The summed E-state index contributed by atoms with van der Waals surface area (Å²) < 4.78 is 5.44. The molecule has 1 atom stereocenters. The highest BCUT2D eigenvalue weighted by atomic mass is 16.6. The lowest BCUT2D eigenvalue weighted by Gasteiger charge is -2.22. The molecule has 0 unspecified atom stereocenters. The maximum atomic E-state index is 12.9. The molecule has 1 saturated heterocycles. The Bertz CT molecular complexity index is 1010. The molecule has 4 amide bonds. The minimum absolute atomic E-state index is 0.136. The van der Waals surface area contributed by atoms with Gasteiger partial charge in [0.15, 0.2) is 0 Å². The predicted octanol–water partition coefficient (Wildman–Crippen LogP) is 2.40. The first-order valence-corrected chi connectivity index (χ1v) is 9.17. The summed E-state index contributed by atoms with van der Waals surface area (Å²) in [4.78, 5) is 48.8. The largest absolute Gasteiger partial charge is 0.492 e. The number of carbonyl (C=O) groups is 3. The van der Waals surface area contributed by atoms with E-state index in [-0.39, 0.29) is 5.69 Å². The number of benzene rings is 2. The van der Waals surface area contributed by atoms with E-state index in [2.05, 4.69) is 10.6 Å². The average Bonchev–Trinajstić information content (AvgIpc) is 2.93. The fraction of sp³-hybridized carbons (Fsp3) is 0.250. The van der Waals surface area contributed by atoms with Crippen LogP contribution in [0.1, 0.15) is 19.4 Å². The zero-order valence-corrected chi connectivity index (χ0v) is 16.4. The van der Waals surface area contributed by atoms with E-state index >= 15 is 0 Å². The number of rotatable bonds is 7. The fourth-order valence-electron chi connectivity index (χ4n) is 3.14. The lowest BCUT2D eigenvalue weighted by atomic mass is 9.92. The summed E-state index contributed by atoms with van der Waals surface area (Å²) >= 11 is 0. The number of hydrogen-bond acceptors (Lipinski definition) is 6.